The summed E-state index contributed by atoms with van der Waals surface area (Å²) in [7, 11) is 0. The van der Waals surface area contributed by atoms with Crippen LogP contribution in [0.15, 0.2) is 182 Å². The Morgan fingerprint density at radius 3 is 1.40 bits per heavy atom. The highest BCUT2D eigenvalue weighted by molar-refractivity contribution is 5.98. The lowest BCUT2D eigenvalue weighted by molar-refractivity contribution is 0.666. The summed E-state index contributed by atoms with van der Waals surface area (Å²) < 4.78 is 0. The zero-order chi connectivity index (χ0) is 36.9. The minimum absolute atomic E-state index is 0.0571. The number of hydrogen-bond donors (Lipinski definition) is 0. The fraction of sp³-hybridized carbons (Fsp3) is 0.0588. The molecule has 0 spiro atoms. The minimum Gasteiger partial charge on any atom is -0.265 e. The second-order valence-electron chi connectivity index (χ2n) is 14.7. The molecule has 0 amide bonds. The van der Waals surface area contributed by atoms with Gasteiger partial charge in [0.25, 0.3) is 0 Å². The van der Waals surface area contributed by atoms with E-state index in [2.05, 4.69) is 146 Å². The molecule has 0 saturated carbocycles. The molecule has 2 aromatic heterocycles. The van der Waals surface area contributed by atoms with Gasteiger partial charge in [0.05, 0.1) is 0 Å². The molecule has 0 saturated heterocycles. The Morgan fingerprint density at radius 1 is 0.364 bits per heavy atom. The van der Waals surface area contributed by atoms with Crippen LogP contribution in [0.5, 0.6) is 0 Å². The van der Waals surface area contributed by atoms with Crippen molar-refractivity contribution in [3.63, 3.8) is 0 Å². The van der Waals surface area contributed by atoms with E-state index in [-0.39, 0.29) is 5.41 Å². The Labute approximate surface area is 320 Å². The monoisotopic (exact) mass is 704 g/mol. The Kier molecular flexibility index (Phi) is 7.77. The van der Waals surface area contributed by atoms with Crippen molar-refractivity contribution in [3.8, 4) is 78.7 Å². The summed E-state index contributed by atoms with van der Waals surface area (Å²) in [6.07, 6.45) is 3.62. The van der Waals surface area contributed by atoms with Crippen molar-refractivity contribution in [1.82, 2.24) is 19.9 Å². The van der Waals surface area contributed by atoms with Gasteiger partial charge >= 0.3 is 0 Å². The van der Waals surface area contributed by atoms with E-state index in [1.54, 1.807) is 0 Å². The highest BCUT2D eigenvalue weighted by Crippen LogP contribution is 2.52. The Bertz CT molecular complexity index is 2840. The predicted octanol–water partition coefficient (Wildman–Crippen LogP) is 12.7. The summed E-state index contributed by atoms with van der Waals surface area (Å²) in [4.78, 5) is 19.0. The molecule has 7 aromatic carbocycles. The lowest BCUT2D eigenvalue weighted by atomic mass is 9.80. The maximum absolute atomic E-state index is 4.98. The largest absolute Gasteiger partial charge is 0.265 e. The fourth-order valence-corrected chi connectivity index (χ4v) is 8.17. The summed E-state index contributed by atoms with van der Waals surface area (Å²) in [5.74, 6) is 1.92. The molecule has 0 aliphatic heterocycles. The molecule has 1 aliphatic carbocycles. The standard InChI is InChI=1S/C51H36N4/c1-51(2)46-27-25-42(32-45(46)44-26-24-38-8-6-7-11-43(38)47(44)51)36-14-12-33(13-15-36)34-16-20-40(21-17-34)49-53-48(39-9-4-3-5-10-39)54-50(55-49)41-22-18-35(19-23-41)37-28-30-52-31-29-37/h3-32H,1-2H3. The molecule has 0 fully saturated rings. The van der Waals surface area contributed by atoms with Crippen LogP contribution in [0.3, 0.4) is 0 Å². The number of rotatable bonds is 6. The second-order valence-corrected chi connectivity index (χ2v) is 14.7. The smallest absolute Gasteiger partial charge is 0.164 e. The average Bonchev–Trinajstić information content (AvgIpc) is 3.50. The third-order valence-electron chi connectivity index (χ3n) is 11.1. The average molecular weight is 705 g/mol. The normalized spacial score (nSPS) is 12.7. The maximum atomic E-state index is 4.98. The zero-order valence-electron chi connectivity index (χ0n) is 30.6. The minimum atomic E-state index is -0.0571. The van der Waals surface area contributed by atoms with Crippen molar-refractivity contribution in [2.45, 2.75) is 19.3 Å². The third-order valence-corrected chi connectivity index (χ3v) is 11.1. The molecule has 4 heteroatoms. The molecule has 55 heavy (non-hydrogen) atoms. The molecule has 0 atom stereocenters. The second kappa shape index (κ2) is 13.1. The van der Waals surface area contributed by atoms with Crippen LogP contribution in [0.2, 0.25) is 0 Å². The summed E-state index contributed by atoms with van der Waals surface area (Å²) in [5.41, 5.74) is 15.2. The Morgan fingerprint density at radius 2 is 0.818 bits per heavy atom. The van der Waals surface area contributed by atoms with E-state index in [1.165, 1.54) is 44.2 Å². The van der Waals surface area contributed by atoms with E-state index in [0.717, 1.165) is 38.9 Å². The number of fused-ring (bicyclic) bond motifs is 5. The molecule has 10 rings (SSSR count). The maximum Gasteiger partial charge on any atom is 0.164 e. The number of pyridine rings is 1. The number of benzene rings is 7. The van der Waals surface area contributed by atoms with E-state index in [4.69, 9.17) is 15.0 Å². The van der Waals surface area contributed by atoms with Gasteiger partial charge in [0.1, 0.15) is 0 Å². The fourth-order valence-electron chi connectivity index (χ4n) is 8.17. The number of aromatic nitrogens is 4. The lowest BCUT2D eigenvalue weighted by Crippen LogP contribution is -2.15. The van der Waals surface area contributed by atoms with Crippen LogP contribution in [0, 0.1) is 0 Å². The van der Waals surface area contributed by atoms with E-state index in [1.807, 2.05) is 54.9 Å². The van der Waals surface area contributed by atoms with Crippen LogP contribution in [0.25, 0.3) is 89.4 Å². The van der Waals surface area contributed by atoms with Gasteiger partial charge in [-0.3, -0.25) is 4.98 Å². The van der Waals surface area contributed by atoms with Crippen LogP contribution in [0.4, 0.5) is 0 Å². The first-order chi connectivity index (χ1) is 27.0. The van der Waals surface area contributed by atoms with Gasteiger partial charge in [-0.2, -0.15) is 0 Å². The van der Waals surface area contributed by atoms with Crippen molar-refractivity contribution in [1.29, 1.82) is 0 Å². The van der Waals surface area contributed by atoms with Gasteiger partial charge in [-0.25, -0.2) is 15.0 Å². The van der Waals surface area contributed by atoms with E-state index >= 15 is 0 Å². The SMILES string of the molecule is CC1(C)c2ccc(-c3ccc(-c4ccc(-c5nc(-c6ccccc6)nc(-c6ccc(-c7ccncc7)cc6)n5)cc4)cc3)cc2-c2ccc3ccccc3c21. The van der Waals surface area contributed by atoms with Crippen LogP contribution >= 0.6 is 0 Å². The first-order valence-electron chi connectivity index (χ1n) is 18.7. The summed E-state index contributed by atoms with van der Waals surface area (Å²) >= 11 is 0. The zero-order valence-corrected chi connectivity index (χ0v) is 30.6. The molecule has 1 aliphatic rings. The Hall–Kier alpha value is -7.04. The molecule has 9 aromatic rings. The number of hydrogen-bond acceptors (Lipinski definition) is 4. The molecule has 0 N–H and O–H groups in total. The van der Waals surface area contributed by atoms with Crippen LogP contribution in [-0.4, -0.2) is 19.9 Å². The summed E-state index contributed by atoms with van der Waals surface area (Å²) in [5, 5.41) is 2.64. The molecule has 260 valence electrons. The molecular weight excluding hydrogens is 669 g/mol. The van der Waals surface area contributed by atoms with Gasteiger partial charge in [-0.15, -0.1) is 0 Å². The van der Waals surface area contributed by atoms with Crippen molar-refractivity contribution in [2.24, 2.45) is 0 Å². The van der Waals surface area contributed by atoms with Crippen molar-refractivity contribution in [3.05, 3.63) is 193 Å². The topological polar surface area (TPSA) is 51.6 Å². The van der Waals surface area contributed by atoms with Crippen molar-refractivity contribution in [2.75, 3.05) is 0 Å². The molecule has 4 nitrogen and oxygen atoms in total. The van der Waals surface area contributed by atoms with Gasteiger partial charge < -0.3 is 0 Å². The highest BCUT2D eigenvalue weighted by Gasteiger charge is 2.36. The summed E-state index contributed by atoms with van der Waals surface area (Å²) in [6.45, 7) is 4.71. The molecule has 0 bridgehead atoms. The Balaban J connectivity index is 0.945. The lowest BCUT2D eigenvalue weighted by Gasteiger charge is -2.23. The molecule has 0 radical (unpaired) electrons. The van der Waals surface area contributed by atoms with Gasteiger partial charge in [-0.05, 0) is 84.6 Å². The van der Waals surface area contributed by atoms with Crippen molar-refractivity contribution < 1.29 is 0 Å². The van der Waals surface area contributed by atoms with Crippen molar-refractivity contribution >= 4 is 10.8 Å². The van der Waals surface area contributed by atoms with E-state index in [9.17, 15) is 0 Å². The molecule has 0 unspecified atom stereocenters. The van der Waals surface area contributed by atoms with Crippen LogP contribution in [0.1, 0.15) is 25.0 Å². The van der Waals surface area contributed by atoms with Gasteiger partial charge in [-0.1, -0.05) is 166 Å². The van der Waals surface area contributed by atoms with Gasteiger partial charge in [0.15, 0.2) is 17.5 Å². The first kappa shape index (κ1) is 32.6. The van der Waals surface area contributed by atoms with E-state index < -0.39 is 0 Å². The third kappa shape index (κ3) is 5.80. The summed E-state index contributed by atoms with van der Waals surface area (Å²) in [6, 6.07) is 60.2. The molecular formula is C51H36N4. The van der Waals surface area contributed by atoms with Crippen LogP contribution < -0.4 is 0 Å². The quantitative estimate of drug-likeness (QED) is 0.173. The van der Waals surface area contributed by atoms with Gasteiger partial charge in [0, 0.05) is 34.5 Å². The first-order valence-corrected chi connectivity index (χ1v) is 18.7. The molecule has 2 heterocycles. The number of nitrogens with zero attached hydrogens (tertiary/aromatic N) is 4. The van der Waals surface area contributed by atoms with Crippen LogP contribution in [-0.2, 0) is 5.41 Å². The van der Waals surface area contributed by atoms with E-state index in [0.29, 0.717) is 17.5 Å². The predicted molar refractivity (Wildman–Crippen MR) is 225 cm³/mol. The van der Waals surface area contributed by atoms with Gasteiger partial charge in [0.2, 0.25) is 0 Å². The highest BCUT2D eigenvalue weighted by atomic mass is 15.0.